The molecule has 0 amide bonds. The lowest BCUT2D eigenvalue weighted by molar-refractivity contribution is -0.870. The summed E-state index contributed by atoms with van der Waals surface area (Å²) in [6.07, 6.45) is 56.6. The Morgan fingerprint density at radius 2 is 0.877 bits per heavy atom. The van der Waals surface area contributed by atoms with Gasteiger partial charge in [0.05, 0.1) is 27.7 Å². The van der Waals surface area contributed by atoms with Crippen molar-refractivity contribution < 1.29 is 42.1 Å². The SMILES string of the molecule is CC/C=C\C/C=C\C/C=C\CCCCCC(=O)OC(COC(=O)CCCCCCCCCCCCCCCCCCCCCCCCCCCCCC)COP(=O)(O)OCC[N+](C)(C)C. The molecule has 0 aliphatic carbocycles. The highest BCUT2D eigenvalue weighted by atomic mass is 31.2. The number of hydrogen-bond acceptors (Lipinski definition) is 7. The first-order valence-corrected chi connectivity index (χ1v) is 28.7. The number of phosphoric ester groups is 1. The van der Waals surface area contributed by atoms with Crippen LogP contribution < -0.4 is 0 Å². The van der Waals surface area contributed by atoms with Gasteiger partial charge in [0.25, 0.3) is 0 Å². The van der Waals surface area contributed by atoms with Gasteiger partial charge in [-0.25, -0.2) is 4.57 Å². The maximum absolute atomic E-state index is 12.7. The van der Waals surface area contributed by atoms with E-state index in [-0.39, 0.29) is 32.0 Å². The number of ether oxygens (including phenoxy) is 2. The highest BCUT2D eigenvalue weighted by molar-refractivity contribution is 7.47. The fourth-order valence-electron chi connectivity index (χ4n) is 7.74. The van der Waals surface area contributed by atoms with Gasteiger partial charge >= 0.3 is 19.8 Å². The average Bonchev–Trinajstić information content (AvgIpc) is 3.26. The van der Waals surface area contributed by atoms with Crippen LogP contribution in [0.5, 0.6) is 0 Å². The van der Waals surface area contributed by atoms with Gasteiger partial charge in [0.1, 0.15) is 19.8 Å². The number of nitrogens with zero attached hydrogens (tertiary/aromatic N) is 1. The van der Waals surface area contributed by atoms with E-state index in [1.807, 2.05) is 21.1 Å². The smallest absolute Gasteiger partial charge is 0.462 e. The zero-order valence-electron chi connectivity index (χ0n) is 43.2. The van der Waals surface area contributed by atoms with Crippen LogP contribution in [0.1, 0.15) is 251 Å². The molecule has 0 aromatic rings. The zero-order valence-corrected chi connectivity index (χ0v) is 44.1. The first-order valence-electron chi connectivity index (χ1n) is 27.2. The Labute approximate surface area is 401 Å². The van der Waals surface area contributed by atoms with E-state index in [2.05, 4.69) is 50.3 Å². The Kier molecular flexibility index (Phi) is 46.0. The standard InChI is InChI=1S/C55H104NO8P/c1-6-8-10-12-14-16-18-20-21-22-23-24-25-26-27-28-29-30-31-32-33-34-36-37-39-41-43-45-47-54(57)61-51-53(52-63-65(59,60)62-50-49-56(3,4)5)64-55(58)48-46-44-42-40-38-35-19-17-15-13-11-9-7-2/h9,11,15,17,35,38,53H,6-8,10,12-14,16,18-34,36-37,39-52H2,1-5H3/p+1/b11-9-,17-15-,38-35-. The summed E-state index contributed by atoms with van der Waals surface area (Å²) >= 11 is 0. The Morgan fingerprint density at radius 1 is 0.492 bits per heavy atom. The number of carbonyl (C=O) groups is 2. The molecule has 0 heterocycles. The summed E-state index contributed by atoms with van der Waals surface area (Å²) in [6, 6.07) is 0. The van der Waals surface area contributed by atoms with Crippen molar-refractivity contribution >= 4 is 19.8 Å². The highest BCUT2D eigenvalue weighted by Gasteiger charge is 2.27. The van der Waals surface area contributed by atoms with Crippen molar-refractivity contribution in [3.8, 4) is 0 Å². The molecule has 0 aromatic heterocycles. The van der Waals surface area contributed by atoms with Crippen LogP contribution in [0.2, 0.25) is 0 Å². The number of quaternary nitrogens is 1. The molecule has 2 unspecified atom stereocenters. The summed E-state index contributed by atoms with van der Waals surface area (Å²) in [4.78, 5) is 35.5. The molecule has 0 radical (unpaired) electrons. The number of carbonyl (C=O) groups excluding carboxylic acids is 2. The summed E-state index contributed by atoms with van der Waals surface area (Å²) in [6.45, 7) is 4.31. The molecule has 0 bridgehead atoms. The molecule has 0 fully saturated rings. The topological polar surface area (TPSA) is 108 Å². The number of likely N-dealkylation sites (N-methyl/N-ethyl adjacent to an activating group) is 1. The van der Waals surface area contributed by atoms with Crippen molar-refractivity contribution in [2.24, 2.45) is 0 Å². The quantitative estimate of drug-likeness (QED) is 0.0211. The first kappa shape index (κ1) is 63.2. The summed E-state index contributed by atoms with van der Waals surface area (Å²) in [5.41, 5.74) is 0. The van der Waals surface area contributed by atoms with Gasteiger partial charge in [-0.1, -0.05) is 230 Å². The van der Waals surface area contributed by atoms with Gasteiger partial charge < -0.3 is 18.9 Å². The lowest BCUT2D eigenvalue weighted by atomic mass is 10.0. The number of hydrogen-bond donors (Lipinski definition) is 1. The molecule has 0 aliphatic rings. The second-order valence-electron chi connectivity index (χ2n) is 19.6. The molecular formula is C55H105NO8P+. The number of esters is 2. The van der Waals surface area contributed by atoms with E-state index in [0.717, 1.165) is 57.8 Å². The monoisotopic (exact) mass is 939 g/mol. The maximum Gasteiger partial charge on any atom is 0.472 e. The fourth-order valence-corrected chi connectivity index (χ4v) is 8.48. The molecule has 382 valence electrons. The van der Waals surface area contributed by atoms with E-state index in [1.54, 1.807) is 0 Å². The van der Waals surface area contributed by atoms with Crippen LogP contribution in [0.3, 0.4) is 0 Å². The largest absolute Gasteiger partial charge is 0.472 e. The molecule has 0 saturated carbocycles. The van der Waals surface area contributed by atoms with Gasteiger partial charge in [0.2, 0.25) is 0 Å². The summed E-state index contributed by atoms with van der Waals surface area (Å²) in [7, 11) is 1.46. The molecular weight excluding hydrogens is 834 g/mol. The predicted octanol–water partition coefficient (Wildman–Crippen LogP) is 16.4. The molecule has 0 saturated heterocycles. The molecule has 9 nitrogen and oxygen atoms in total. The molecule has 0 rings (SSSR count). The second kappa shape index (κ2) is 47.3. The zero-order chi connectivity index (χ0) is 47.8. The summed E-state index contributed by atoms with van der Waals surface area (Å²) in [5.74, 6) is -0.823. The number of allylic oxidation sites excluding steroid dienone is 6. The molecule has 2 atom stereocenters. The van der Waals surface area contributed by atoms with Gasteiger partial charge in [-0.2, -0.15) is 0 Å². The molecule has 10 heteroatoms. The average molecular weight is 939 g/mol. The first-order chi connectivity index (χ1) is 31.5. The second-order valence-corrected chi connectivity index (χ2v) is 21.0. The third-order valence-corrected chi connectivity index (χ3v) is 12.9. The third-order valence-electron chi connectivity index (χ3n) is 11.9. The minimum atomic E-state index is -4.39. The maximum atomic E-state index is 12.7. The van der Waals surface area contributed by atoms with Crippen molar-refractivity contribution in [3.63, 3.8) is 0 Å². The van der Waals surface area contributed by atoms with Gasteiger partial charge in [-0.05, 0) is 44.9 Å². The Bertz CT molecular complexity index is 1200. The van der Waals surface area contributed by atoms with Crippen molar-refractivity contribution in [1.82, 2.24) is 0 Å². The third kappa shape index (κ3) is 51.5. The number of unbranched alkanes of at least 4 members (excludes halogenated alkanes) is 30. The lowest BCUT2D eigenvalue weighted by Gasteiger charge is -2.24. The molecule has 1 N–H and O–H groups in total. The van der Waals surface area contributed by atoms with E-state index in [9.17, 15) is 19.0 Å². The van der Waals surface area contributed by atoms with Crippen LogP contribution in [0, 0.1) is 0 Å². The summed E-state index contributed by atoms with van der Waals surface area (Å²) in [5, 5.41) is 0. The van der Waals surface area contributed by atoms with Crippen molar-refractivity contribution in [2.75, 3.05) is 47.5 Å². The van der Waals surface area contributed by atoms with E-state index in [4.69, 9.17) is 18.5 Å². The van der Waals surface area contributed by atoms with Gasteiger partial charge in [-0.3, -0.25) is 18.6 Å². The Balaban J connectivity index is 4.05. The fraction of sp³-hybridized carbons (Fsp3) is 0.855. The normalized spacial score (nSPS) is 13.6. The highest BCUT2D eigenvalue weighted by Crippen LogP contribution is 2.43. The van der Waals surface area contributed by atoms with Crippen molar-refractivity contribution in [1.29, 1.82) is 0 Å². The lowest BCUT2D eigenvalue weighted by Crippen LogP contribution is -2.37. The van der Waals surface area contributed by atoms with Gasteiger partial charge in [0, 0.05) is 12.8 Å². The Morgan fingerprint density at radius 3 is 1.31 bits per heavy atom. The van der Waals surface area contributed by atoms with Crippen LogP contribution in [0.15, 0.2) is 36.5 Å². The Hall–Kier alpha value is -1.77. The number of phosphoric acid groups is 1. The van der Waals surface area contributed by atoms with E-state index < -0.39 is 26.5 Å². The van der Waals surface area contributed by atoms with Crippen LogP contribution in [-0.2, 0) is 32.7 Å². The molecule has 0 aromatic carbocycles. The van der Waals surface area contributed by atoms with Gasteiger partial charge in [0.15, 0.2) is 6.10 Å². The van der Waals surface area contributed by atoms with Gasteiger partial charge in [-0.15, -0.1) is 0 Å². The van der Waals surface area contributed by atoms with E-state index >= 15 is 0 Å². The molecule has 65 heavy (non-hydrogen) atoms. The predicted molar refractivity (Wildman–Crippen MR) is 275 cm³/mol. The van der Waals surface area contributed by atoms with Crippen molar-refractivity contribution in [3.05, 3.63) is 36.5 Å². The van der Waals surface area contributed by atoms with E-state index in [0.29, 0.717) is 17.4 Å². The summed E-state index contributed by atoms with van der Waals surface area (Å²) < 4.78 is 34.4. The minimum absolute atomic E-state index is 0.0267. The van der Waals surface area contributed by atoms with Crippen LogP contribution >= 0.6 is 7.82 Å². The minimum Gasteiger partial charge on any atom is -0.462 e. The molecule has 0 spiro atoms. The van der Waals surface area contributed by atoms with Crippen LogP contribution in [0.25, 0.3) is 0 Å². The number of rotatable bonds is 50. The molecule has 0 aliphatic heterocycles. The van der Waals surface area contributed by atoms with Crippen LogP contribution in [0.4, 0.5) is 0 Å². The van der Waals surface area contributed by atoms with Crippen molar-refractivity contribution in [2.45, 2.75) is 258 Å². The van der Waals surface area contributed by atoms with Crippen LogP contribution in [-0.4, -0.2) is 74.9 Å². The van der Waals surface area contributed by atoms with E-state index in [1.165, 1.54) is 161 Å².